The third kappa shape index (κ3) is 7.84. The molecule has 1 aromatic carbocycles. The van der Waals surface area contributed by atoms with Crippen molar-refractivity contribution in [1.29, 1.82) is 0 Å². The lowest BCUT2D eigenvalue weighted by molar-refractivity contribution is -0.188. The van der Waals surface area contributed by atoms with Crippen molar-refractivity contribution < 1.29 is 25.0 Å². The number of hydrogen-bond acceptors (Lipinski definition) is 9. The third-order valence-corrected chi connectivity index (χ3v) is 4.28. The van der Waals surface area contributed by atoms with Crippen LogP contribution in [0.2, 0.25) is 10.0 Å². The number of anilines is 1. The van der Waals surface area contributed by atoms with Gasteiger partial charge in [-0.2, -0.15) is 10.5 Å². The fraction of sp³-hybridized carbons (Fsp3) is 0.211. The van der Waals surface area contributed by atoms with Crippen molar-refractivity contribution in [3.05, 3.63) is 58.6 Å². The first-order valence-electron chi connectivity index (χ1n) is 8.87. The summed E-state index contributed by atoms with van der Waals surface area (Å²) in [6.45, 7) is 2.98. The summed E-state index contributed by atoms with van der Waals surface area (Å²) in [6, 6.07) is 9.23. The van der Waals surface area contributed by atoms with E-state index in [1.54, 1.807) is 4.68 Å². The fourth-order valence-electron chi connectivity index (χ4n) is 2.26. The maximum Gasteiger partial charge on any atom is 0.233 e. The van der Waals surface area contributed by atoms with Crippen molar-refractivity contribution in [2.24, 2.45) is 0 Å². The van der Waals surface area contributed by atoms with Crippen molar-refractivity contribution in [3.8, 4) is 23.8 Å². The number of nitrogens with zero attached hydrogens (tertiary/aromatic N) is 4. The Morgan fingerprint density at radius 2 is 1.77 bits per heavy atom. The van der Waals surface area contributed by atoms with Crippen molar-refractivity contribution in [1.82, 2.24) is 19.7 Å². The minimum Gasteiger partial charge on any atom is -0.475 e. The number of rotatable bonds is 7. The maximum atomic E-state index is 7.33. The normalized spacial score (nSPS) is 9.58. The molecule has 2 heterocycles. The van der Waals surface area contributed by atoms with Gasteiger partial charge in [-0.15, -0.1) is 5.10 Å². The molecule has 0 atom stereocenters. The van der Waals surface area contributed by atoms with E-state index in [4.69, 9.17) is 38.5 Å². The first kappa shape index (κ1) is 24.0. The molecule has 10 nitrogen and oxygen atoms in total. The number of hydrogen-bond donors (Lipinski definition) is 3. The highest BCUT2D eigenvalue weighted by Crippen LogP contribution is 2.21. The molecule has 0 aliphatic heterocycles. The number of nitrogens with one attached hydrogen (secondary N) is 1. The Morgan fingerprint density at radius 1 is 1.06 bits per heavy atom. The van der Waals surface area contributed by atoms with Gasteiger partial charge in [0.15, 0.2) is 0 Å². The number of ether oxygens (including phenoxy) is 1. The van der Waals surface area contributed by atoms with E-state index in [1.807, 2.05) is 43.5 Å². The Morgan fingerprint density at radius 3 is 2.42 bits per heavy atom. The Bertz CT molecular complexity index is 997. The molecule has 12 heteroatoms. The van der Waals surface area contributed by atoms with Crippen LogP contribution in [0.5, 0.6) is 5.88 Å². The van der Waals surface area contributed by atoms with Crippen LogP contribution in [0.3, 0.4) is 0 Å². The molecule has 0 bridgehead atoms. The second-order valence-electron chi connectivity index (χ2n) is 5.57. The summed E-state index contributed by atoms with van der Waals surface area (Å²) < 4.78 is 7.37. The summed E-state index contributed by atoms with van der Waals surface area (Å²) in [7, 11) is 0. The van der Waals surface area contributed by atoms with Gasteiger partial charge in [-0.05, 0) is 30.7 Å². The van der Waals surface area contributed by atoms with E-state index in [2.05, 4.69) is 30.2 Å². The molecule has 164 valence electrons. The largest absolute Gasteiger partial charge is 0.475 e. The smallest absolute Gasteiger partial charge is 0.233 e. The molecule has 0 aliphatic rings. The van der Waals surface area contributed by atoms with Crippen molar-refractivity contribution in [2.45, 2.75) is 13.3 Å². The summed E-state index contributed by atoms with van der Waals surface area (Å²) in [5, 5.41) is 23.4. The Hall–Kier alpha value is -3.23. The molecule has 31 heavy (non-hydrogen) atoms. The van der Waals surface area contributed by atoms with E-state index in [-0.39, 0.29) is 0 Å². The summed E-state index contributed by atoms with van der Waals surface area (Å²) >= 11 is 12.1. The zero-order chi connectivity index (χ0) is 22.5. The molecule has 0 radical (unpaired) electrons. The molecule has 0 spiro atoms. The summed E-state index contributed by atoms with van der Waals surface area (Å²) in [4.78, 5) is 14.5. The standard InChI is InChI=1S/C17H17Cl2N5O.C2H2O4/c1-2-14-16(19)17(22-11-21-14)20-8-10-25-15-7-9-24(23-15)13-5-3-12(18)4-6-13;3-5-1-2-6-4/h3-7,9,11H,2,8,10H2,1H3,(H,20,21,22);3-4H. The van der Waals surface area contributed by atoms with Gasteiger partial charge in [0.2, 0.25) is 18.1 Å². The zero-order valence-corrected chi connectivity index (χ0v) is 17.8. The van der Waals surface area contributed by atoms with E-state index in [1.165, 1.54) is 18.5 Å². The average molecular weight is 468 g/mol. The van der Waals surface area contributed by atoms with Crippen LogP contribution in [0.15, 0.2) is 42.9 Å². The van der Waals surface area contributed by atoms with Crippen molar-refractivity contribution in [3.63, 3.8) is 0 Å². The lowest BCUT2D eigenvalue weighted by Gasteiger charge is -2.09. The number of aromatic nitrogens is 4. The van der Waals surface area contributed by atoms with Gasteiger partial charge in [0.25, 0.3) is 0 Å². The lowest BCUT2D eigenvalue weighted by atomic mass is 10.3. The Kier molecular flexibility index (Phi) is 10.2. The Balaban J connectivity index is 0.000000501. The zero-order valence-electron chi connectivity index (χ0n) is 16.3. The van der Waals surface area contributed by atoms with Gasteiger partial charge in [0.05, 0.1) is 17.9 Å². The average Bonchev–Trinajstić information content (AvgIpc) is 3.26. The monoisotopic (exact) mass is 467 g/mol. The molecule has 0 amide bonds. The summed E-state index contributed by atoms with van der Waals surface area (Å²) in [5.41, 5.74) is 1.74. The van der Waals surface area contributed by atoms with Gasteiger partial charge in [-0.25, -0.2) is 14.6 Å². The summed E-state index contributed by atoms with van der Waals surface area (Å²) in [5.74, 6) is 1.16. The molecule has 3 N–H and O–H groups in total. The van der Waals surface area contributed by atoms with Crippen LogP contribution < -0.4 is 10.1 Å². The predicted octanol–water partition coefficient (Wildman–Crippen LogP) is 3.91. The molecule has 3 rings (SSSR count). The van der Waals surface area contributed by atoms with Crippen LogP contribution in [-0.4, -0.2) is 43.4 Å². The first-order valence-corrected chi connectivity index (χ1v) is 9.63. The van der Waals surface area contributed by atoms with E-state index in [0.717, 1.165) is 17.8 Å². The second-order valence-corrected chi connectivity index (χ2v) is 6.39. The van der Waals surface area contributed by atoms with Gasteiger partial charge in [-0.1, -0.05) is 30.1 Å². The quantitative estimate of drug-likeness (QED) is 0.205. The van der Waals surface area contributed by atoms with Gasteiger partial charge >= 0.3 is 0 Å². The highest BCUT2D eigenvalue weighted by molar-refractivity contribution is 6.33. The van der Waals surface area contributed by atoms with Crippen molar-refractivity contribution >= 4 is 29.0 Å². The van der Waals surface area contributed by atoms with Crippen LogP contribution in [-0.2, 0) is 16.2 Å². The van der Waals surface area contributed by atoms with Crippen LogP contribution in [0.4, 0.5) is 5.82 Å². The van der Waals surface area contributed by atoms with E-state index in [0.29, 0.717) is 34.9 Å². The molecule has 0 aliphatic carbocycles. The van der Waals surface area contributed by atoms with E-state index >= 15 is 0 Å². The minimum atomic E-state index is 0.430. The third-order valence-electron chi connectivity index (χ3n) is 3.63. The van der Waals surface area contributed by atoms with Crippen LogP contribution in [0.25, 0.3) is 5.69 Å². The lowest BCUT2D eigenvalue weighted by Crippen LogP contribution is -2.13. The van der Waals surface area contributed by atoms with Crippen molar-refractivity contribution in [2.75, 3.05) is 18.5 Å². The Labute approximate surface area is 188 Å². The molecule has 0 saturated carbocycles. The van der Waals surface area contributed by atoms with Gasteiger partial charge < -0.3 is 10.1 Å². The van der Waals surface area contributed by atoms with Gasteiger partial charge in [-0.3, -0.25) is 9.78 Å². The molecule has 0 saturated heterocycles. The van der Waals surface area contributed by atoms with Gasteiger partial charge in [0.1, 0.15) is 23.8 Å². The molecule has 0 unspecified atom stereocenters. The number of benzene rings is 1. The fourth-order valence-corrected chi connectivity index (χ4v) is 2.68. The summed E-state index contributed by atoms with van der Waals surface area (Å²) in [6.07, 6.45) is 7.16. The SMILES string of the molecule is CCc1ncnc(NCCOc2ccn(-c3ccc(Cl)cc3)n2)c1Cl.OOC#COO. The highest BCUT2D eigenvalue weighted by atomic mass is 35.5. The molecular formula is C19H19Cl2N5O5. The van der Waals surface area contributed by atoms with Crippen LogP contribution in [0.1, 0.15) is 12.6 Å². The highest BCUT2D eigenvalue weighted by Gasteiger charge is 2.07. The van der Waals surface area contributed by atoms with Gasteiger partial charge in [0, 0.05) is 17.3 Å². The van der Waals surface area contributed by atoms with Crippen LogP contribution in [0, 0.1) is 12.2 Å². The molecule has 2 aromatic heterocycles. The van der Waals surface area contributed by atoms with Crippen LogP contribution >= 0.6 is 23.2 Å². The predicted molar refractivity (Wildman–Crippen MR) is 114 cm³/mol. The first-order chi connectivity index (χ1) is 15.1. The number of aryl methyl sites for hydroxylation is 1. The second kappa shape index (κ2) is 13.1. The van der Waals surface area contributed by atoms with E-state index < -0.39 is 0 Å². The minimum absolute atomic E-state index is 0.430. The molecule has 0 fully saturated rings. The maximum absolute atomic E-state index is 7.33. The molecule has 3 aromatic rings. The topological polar surface area (TPSA) is 124 Å². The van der Waals surface area contributed by atoms with E-state index in [9.17, 15) is 0 Å². The number of halogens is 2. The molecular weight excluding hydrogens is 449 g/mol.